The lowest BCUT2D eigenvalue weighted by Crippen LogP contribution is -2.40. The molecule has 0 saturated carbocycles. The van der Waals surface area contributed by atoms with Crippen molar-refractivity contribution in [3.63, 3.8) is 0 Å². The summed E-state index contributed by atoms with van der Waals surface area (Å²) < 4.78 is 0. The van der Waals surface area contributed by atoms with Crippen LogP contribution in [0.2, 0.25) is 0 Å². The number of benzene rings is 3. The molecule has 0 radical (unpaired) electrons. The minimum atomic E-state index is -0.0624. The van der Waals surface area contributed by atoms with Crippen molar-refractivity contribution in [3.05, 3.63) is 83.3 Å². The molecule has 0 spiro atoms. The second-order valence-corrected chi connectivity index (χ2v) is 7.38. The minimum Gasteiger partial charge on any atom is -0.267 e. The third-order valence-corrected chi connectivity index (χ3v) is 5.24. The van der Waals surface area contributed by atoms with Gasteiger partial charge in [-0.25, -0.2) is 15.0 Å². The maximum atomic E-state index is 13.0. The Bertz CT molecular complexity index is 1050. The molecule has 0 atom stereocenters. The van der Waals surface area contributed by atoms with Crippen molar-refractivity contribution < 1.29 is 4.79 Å². The standard InChI is InChI=1S/C22H19N3OS/c1-24(2)25-21(26)20(27-22(25)23-18-12-4-3-5-13-18)15-17-11-8-10-16-9-6-7-14-19(16)17/h3-15H,1-2H3. The largest absolute Gasteiger partial charge is 0.281 e. The number of para-hydroxylation sites is 1. The Balaban J connectivity index is 1.76. The third-order valence-electron chi connectivity index (χ3n) is 4.28. The monoisotopic (exact) mass is 373 g/mol. The van der Waals surface area contributed by atoms with Crippen molar-refractivity contribution in [2.45, 2.75) is 0 Å². The molecule has 4 nitrogen and oxygen atoms in total. The van der Waals surface area contributed by atoms with Gasteiger partial charge in [0.1, 0.15) is 0 Å². The van der Waals surface area contributed by atoms with E-state index in [9.17, 15) is 4.79 Å². The fraction of sp³-hybridized carbons (Fsp3) is 0.0909. The number of rotatable bonds is 3. The molecule has 1 aliphatic rings. The number of hydrogen-bond acceptors (Lipinski definition) is 4. The number of hydrazine groups is 1. The molecule has 1 amide bonds. The summed E-state index contributed by atoms with van der Waals surface area (Å²) in [5.74, 6) is -0.0624. The first-order valence-corrected chi connectivity index (χ1v) is 9.48. The predicted octanol–water partition coefficient (Wildman–Crippen LogP) is 4.92. The van der Waals surface area contributed by atoms with Crippen LogP contribution in [0.5, 0.6) is 0 Å². The van der Waals surface area contributed by atoms with Crippen LogP contribution in [0.3, 0.4) is 0 Å². The zero-order valence-corrected chi connectivity index (χ0v) is 16.0. The van der Waals surface area contributed by atoms with Crippen molar-refractivity contribution in [1.82, 2.24) is 10.0 Å². The highest BCUT2D eigenvalue weighted by Crippen LogP contribution is 2.35. The van der Waals surface area contributed by atoms with Crippen LogP contribution in [0, 0.1) is 0 Å². The zero-order valence-electron chi connectivity index (χ0n) is 15.2. The number of thioether (sulfide) groups is 1. The highest BCUT2D eigenvalue weighted by atomic mass is 32.2. The number of amides is 1. The van der Waals surface area contributed by atoms with Gasteiger partial charge in [0, 0.05) is 14.1 Å². The van der Waals surface area contributed by atoms with E-state index in [0.717, 1.165) is 22.0 Å². The van der Waals surface area contributed by atoms with Gasteiger partial charge in [-0.1, -0.05) is 60.7 Å². The van der Waals surface area contributed by atoms with Crippen LogP contribution in [0.25, 0.3) is 16.8 Å². The molecule has 3 aromatic rings. The van der Waals surface area contributed by atoms with Crippen LogP contribution < -0.4 is 0 Å². The lowest BCUT2D eigenvalue weighted by atomic mass is 10.0. The highest BCUT2D eigenvalue weighted by Gasteiger charge is 2.35. The molecule has 1 saturated heterocycles. The number of hydrogen-bond donors (Lipinski definition) is 0. The molecule has 0 N–H and O–H groups in total. The van der Waals surface area contributed by atoms with Crippen LogP contribution in [0.15, 0.2) is 82.7 Å². The minimum absolute atomic E-state index is 0.0624. The van der Waals surface area contributed by atoms with Crippen LogP contribution in [0.4, 0.5) is 5.69 Å². The molecule has 5 heteroatoms. The second-order valence-electron chi connectivity index (χ2n) is 6.37. The Morgan fingerprint density at radius 2 is 1.63 bits per heavy atom. The number of carbonyl (C=O) groups is 1. The van der Waals surface area contributed by atoms with E-state index in [2.05, 4.69) is 23.2 Å². The summed E-state index contributed by atoms with van der Waals surface area (Å²) in [6.45, 7) is 0. The highest BCUT2D eigenvalue weighted by molar-refractivity contribution is 8.18. The fourth-order valence-electron chi connectivity index (χ4n) is 3.02. The van der Waals surface area contributed by atoms with E-state index in [-0.39, 0.29) is 5.91 Å². The topological polar surface area (TPSA) is 35.9 Å². The molecule has 0 unspecified atom stereocenters. The third kappa shape index (κ3) is 3.52. The summed E-state index contributed by atoms with van der Waals surface area (Å²) in [5, 5.41) is 6.31. The Morgan fingerprint density at radius 1 is 0.926 bits per heavy atom. The van der Waals surface area contributed by atoms with E-state index < -0.39 is 0 Å². The zero-order chi connectivity index (χ0) is 18.8. The first-order chi connectivity index (χ1) is 13.1. The van der Waals surface area contributed by atoms with E-state index in [1.54, 1.807) is 10.0 Å². The SMILES string of the molecule is CN(C)N1C(=O)C(=Cc2cccc3ccccc23)SC1=Nc1ccccc1. The Hall–Kier alpha value is -2.89. The van der Waals surface area contributed by atoms with Gasteiger partial charge in [0.2, 0.25) is 0 Å². The molecule has 4 rings (SSSR count). The molecule has 3 aromatic carbocycles. The molecule has 1 heterocycles. The van der Waals surface area contributed by atoms with Crippen molar-refractivity contribution in [2.24, 2.45) is 4.99 Å². The average molecular weight is 373 g/mol. The van der Waals surface area contributed by atoms with E-state index in [1.807, 2.05) is 74.8 Å². The Morgan fingerprint density at radius 3 is 2.41 bits per heavy atom. The molecular formula is C22H19N3OS. The first kappa shape index (κ1) is 17.5. The van der Waals surface area contributed by atoms with Crippen LogP contribution in [-0.2, 0) is 4.79 Å². The molecular weight excluding hydrogens is 354 g/mol. The predicted molar refractivity (Wildman–Crippen MR) is 114 cm³/mol. The summed E-state index contributed by atoms with van der Waals surface area (Å²) in [5.41, 5.74) is 1.86. The normalized spacial score (nSPS) is 17.6. The summed E-state index contributed by atoms with van der Waals surface area (Å²) >= 11 is 1.40. The van der Waals surface area contributed by atoms with Crippen molar-refractivity contribution >= 4 is 45.4 Å². The van der Waals surface area contributed by atoms with Gasteiger partial charge in [0.05, 0.1) is 10.6 Å². The van der Waals surface area contributed by atoms with Crippen molar-refractivity contribution in [2.75, 3.05) is 14.1 Å². The molecule has 1 aliphatic heterocycles. The maximum Gasteiger partial charge on any atom is 0.281 e. The number of carbonyl (C=O) groups excluding carboxylic acids is 1. The van der Waals surface area contributed by atoms with Gasteiger partial charge in [-0.2, -0.15) is 0 Å². The summed E-state index contributed by atoms with van der Waals surface area (Å²) in [7, 11) is 3.69. The van der Waals surface area contributed by atoms with Crippen molar-refractivity contribution in [3.8, 4) is 0 Å². The smallest absolute Gasteiger partial charge is 0.267 e. The van der Waals surface area contributed by atoms with Gasteiger partial charge in [-0.15, -0.1) is 0 Å². The van der Waals surface area contributed by atoms with Gasteiger partial charge >= 0.3 is 0 Å². The summed E-state index contributed by atoms with van der Waals surface area (Å²) in [6, 6.07) is 24.0. The average Bonchev–Trinajstić information content (AvgIpc) is 2.98. The van der Waals surface area contributed by atoms with Crippen LogP contribution in [-0.4, -0.2) is 35.2 Å². The van der Waals surface area contributed by atoms with E-state index in [4.69, 9.17) is 0 Å². The molecule has 1 fully saturated rings. The molecule has 0 aromatic heterocycles. The van der Waals surface area contributed by atoms with Gasteiger partial charge in [-0.05, 0) is 46.3 Å². The van der Waals surface area contributed by atoms with E-state index in [0.29, 0.717) is 10.1 Å². The molecule has 0 aliphatic carbocycles. The summed E-state index contributed by atoms with van der Waals surface area (Å²) in [6.07, 6.45) is 1.96. The van der Waals surface area contributed by atoms with Gasteiger partial charge in [0.15, 0.2) is 5.17 Å². The number of aliphatic imine (C=N–C) groups is 1. The number of fused-ring (bicyclic) bond motifs is 1. The van der Waals surface area contributed by atoms with Gasteiger partial charge < -0.3 is 0 Å². The molecule has 0 bridgehead atoms. The van der Waals surface area contributed by atoms with E-state index >= 15 is 0 Å². The lowest BCUT2D eigenvalue weighted by molar-refractivity contribution is -0.130. The lowest BCUT2D eigenvalue weighted by Gasteiger charge is -2.22. The van der Waals surface area contributed by atoms with Gasteiger partial charge in [-0.3, -0.25) is 4.79 Å². The second kappa shape index (κ2) is 7.39. The summed E-state index contributed by atoms with van der Waals surface area (Å²) in [4.78, 5) is 18.3. The van der Waals surface area contributed by atoms with Crippen LogP contribution >= 0.6 is 11.8 Å². The first-order valence-electron chi connectivity index (χ1n) is 8.66. The Labute approximate surface area is 162 Å². The van der Waals surface area contributed by atoms with Crippen LogP contribution in [0.1, 0.15) is 5.56 Å². The number of nitrogens with zero attached hydrogens (tertiary/aromatic N) is 3. The number of amidine groups is 1. The van der Waals surface area contributed by atoms with E-state index in [1.165, 1.54) is 11.8 Å². The van der Waals surface area contributed by atoms with Gasteiger partial charge in [0.25, 0.3) is 5.91 Å². The maximum absolute atomic E-state index is 13.0. The molecule has 27 heavy (non-hydrogen) atoms. The van der Waals surface area contributed by atoms with Crippen molar-refractivity contribution in [1.29, 1.82) is 0 Å². The molecule has 134 valence electrons. The Kier molecular flexibility index (Phi) is 4.79. The quantitative estimate of drug-likeness (QED) is 0.611. The fourth-order valence-corrected chi connectivity index (χ4v) is 4.06.